The summed E-state index contributed by atoms with van der Waals surface area (Å²) < 4.78 is 10.4. The van der Waals surface area contributed by atoms with Gasteiger partial charge in [-0.15, -0.1) is 0 Å². The van der Waals surface area contributed by atoms with E-state index >= 15 is 0 Å². The first-order valence-electron chi connectivity index (χ1n) is 9.24. The fourth-order valence-corrected chi connectivity index (χ4v) is 3.59. The van der Waals surface area contributed by atoms with Gasteiger partial charge in [-0.1, -0.05) is 18.2 Å². The summed E-state index contributed by atoms with van der Waals surface area (Å²) in [6.07, 6.45) is 2.31. The van der Waals surface area contributed by atoms with Crippen LogP contribution in [0.15, 0.2) is 24.3 Å². The topological polar surface area (TPSA) is 71.1 Å². The molecule has 2 fully saturated rings. The van der Waals surface area contributed by atoms with Gasteiger partial charge in [-0.25, -0.2) is 4.79 Å². The van der Waals surface area contributed by atoms with Gasteiger partial charge < -0.3 is 19.7 Å². The molecule has 0 saturated carbocycles. The van der Waals surface area contributed by atoms with Crippen LogP contribution < -0.4 is 10.1 Å². The fraction of sp³-hybridized carbons (Fsp3) is 0.579. The molecule has 1 atom stereocenters. The molecule has 2 amide bonds. The van der Waals surface area contributed by atoms with Crippen molar-refractivity contribution < 1.29 is 19.1 Å². The quantitative estimate of drug-likeness (QED) is 0.764. The second-order valence-corrected chi connectivity index (χ2v) is 6.66. The first-order valence-corrected chi connectivity index (χ1v) is 9.24. The Morgan fingerprint density at radius 3 is 2.73 bits per heavy atom. The predicted molar refractivity (Wildman–Crippen MR) is 97.1 cm³/mol. The lowest BCUT2D eigenvalue weighted by Gasteiger charge is -2.29. The molecule has 26 heavy (non-hydrogen) atoms. The molecule has 0 bridgehead atoms. The SMILES string of the molecule is COc1ccccc1C(CNC(=O)CCN1CCOC1=O)N1CCCC1. The fourth-order valence-electron chi connectivity index (χ4n) is 3.59. The van der Waals surface area contributed by atoms with E-state index in [-0.39, 0.29) is 24.5 Å². The largest absolute Gasteiger partial charge is 0.496 e. The van der Waals surface area contributed by atoms with Gasteiger partial charge in [0.05, 0.1) is 19.7 Å². The molecule has 2 aliphatic rings. The first kappa shape index (κ1) is 18.5. The Labute approximate surface area is 154 Å². The highest BCUT2D eigenvalue weighted by molar-refractivity contribution is 5.77. The van der Waals surface area contributed by atoms with Gasteiger partial charge in [0, 0.05) is 25.1 Å². The summed E-state index contributed by atoms with van der Waals surface area (Å²) in [5, 5.41) is 3.03. The number of carbonyl (C=O) groups is 2. The van der Waals surface area contributed by atoms with Crippen molar-refractivity contribution in [3.8, 4) is 5.75 Å². The maximum absolute atomic E-state index is 12.3. The maximum atomic E-state index is 12.3. The van der Waals surface area contributed by atoms with Gasteiger partial charge >= 0.3 is 6.09 Å². The number of nitrogens with zero attached hydrogens (tertiary/aromatic N) is 2. The zero-order valence-electron chi connectivity index (χ0n) is 15.3. The third-order valence-corrected chi connectivity index (χ3v) is 5.03. The van der Waals surface area contributed by atoms with Crippen LogP contribution in [-0.2, 0) is 9.53 Å². The third kappa shape index (κ3) is 4.46. The van der Waals surface area contributed by atoms with E-state index in [1.165, 1.54) is 12.8 Å². The molecule has 1 aromatic carbocycles. The molecule has 3 rings (SSSR count). The average molecular weight is 361 g/mol. The molecule has 0 radical (unpaired) electrons. The summed E-state index contributed by atoms with van der Waals surface area (Å²) in [6, 6.07) is 8.07. The standard InChI is InChI=1S/C19H27N3O4/c1-25-17-7-3-2-6-15(17)16(21-9-4-5-10-21)14-20-18(23)8-11-22-12-13-26-19(22)24/h2-3,6-7,16H,4-5,8-14H2,1H3,(H,20,23). The Morgan fingerprint density at radius 2 is 2.04 bits per heavy atom. The van der Waals surface area contributed by atoms with E-state index in [1.54, 1.807) is 12.0 Å². The molecular formula is C19H27N3O4. The zero-order chi connectivity index (χ0) is 18.4. The summed E-state index contributed by atoms with van der Waals surface area (Å²) in [5.41, 5.74) is 1.10. The number of carbonyl (C=O) groups excluding carboxylic acids is 2. The monoisotopic (exact) mass is 361 g/mol. The summed E-state index contributed by atoms with van der Waals surface area (Å²) >= 11 is 0. The number of cyclic esters (lactones) is 1. The van der Waals surface area contributed by atoms with Gasteiger partial charge in [0.15, 0.2) is 0 Å². The van der Waals surface area contributed by atoms with Crippen LogP contribution in [0, 0.1) is 0 Å². The molecule has 1 unspecified atom stereocenters. The van der Waals surface area contributed by atoms with E-state index in [0.717, 1.165) is 24.4 Å². The van der Waals surface area contributed by atoms with Gasteiger partial charge in [0.1, 0.15) is 12.4 Å². The van der Waals surface area contributed by atoms with Gasteiger partial charge in [0.25, 0.3) is 0 Å². The van der Waals surface area contributed by atoms with Crippen LogP contribution in [-0.4, -0.2) is 68.2 Å². The van der Waals surface area contributed by atoms with Crippen LogP contribution in [0.25, 0.3) is 0 Å². The normalized spacial score (nSPS) is 18.7. The first-order chi connectivity index (χ1) is 12.7. The predicted octanol–water partition coefficient (Wildman–Crippen LogP) is 1.79. The Kier molecular flexibility index (Phi) is 6.33. The highest BCUT2D eigenvalue weighted by atomic mass is 16.6. The lowest BCUT2D eigenvalue weighted by Crippen LogP contribution is -2.38. The number of para-hydroxylation sites is 1. The van der Waals surface area contributed by atoms with Crippen LogP contribution in [0.1, 0.15) is 30.9 Å². The van der Waals surface area contributed by atoms with Crippen molar-refractivity contribution in [2.75, 3.05) is 46.4 Å². The Morgan fingerprint density at radius 1 is 1.27 bits per heavy atom. The number of benzene rings is 1. The molecule has 0 spiro atoms. The molecule has 1 aromatic rings. The number of methoxy groups -OCH3 is 1. The molecule has 142 valence electrons. The van der Waals surface area contributed by atoms with E-state index in [4.69, 9.17) is 9.47 Å². The number of nitrogens with one attached hydrogen (secondary N) is 1. The second kappa shape index (κ2) is 8.89. The molecule has 2 aliphatic heterocycles. The van der Waals surface area contributed by atoms with E-state index in [0.29, 0.717) is 26.2 Å². The third-order valence-electron chi connectivity index (χ3n) is 5.03. The van der Waals surface area contributed by atoms with Crippen LogP contribution in [0.5, 0.6) is 5.75 Å². The summed E-state index contributed by atoms with van der Waals surface area (Å²) in [5.74, 6) is 0.794. The van der Waals surface area contributed by atoms with Gasteiger partial charge in [-0.05, 0) is 32.0 Å². The average Bonchev–Trinajstić information content (AvgIpc) is 3.32. The Bertz CT molecular complexity index is 631. The van der Waals surface area contributed by atoms with Crippen LogP contribution >= 0.6 is 0 Å². The Balaban J connectivity index is 1.59. The molecule has 7 nitrogen and oxygen atoms in total. The van der Waals surface area contributed by atoms with Crippen LogP contribution in [0.2, 0.25) is 0 Å². The molecule has 0 aromatic heterocycles. The molecular weight excluding hydrogens is 334 g/mol. The van der Waals surface area contributed by atoms with Gasteiger partial charge in [-0.3, -0.25) is 9.69 Å². The minimum absolute atomic E-state index is 0.0520. The molecule has 2 heterocycles. The van der Waals surface area contributed by atoms with Gasteiger partial charge in [-0.2, -0.15) is 0 Å². The number of hydrogen-bond donors (Lipinski definition) is 1. The smallest absolute Gasteiger partial charge is 0.409 e. The van der Waals surface area contributed by atoms with Crippen molar-refractivity contribution in [3.63, 3.8) is 0 Å². The van der Waals surface area contributed by atoms with Crippen molar-refractivity contribution in [1.29, 1.82) is 0 Å². The number of hydrogen-bond acceptors (Lipinski definition) is 5. The number of amides is 2. The van der Waals surface area contributed by atoms with Gasteiger partial charge in [0.2, 0.25) is 5.91 Å². The van der Waals surface area contributed by atoms with Crippen LogP contribution in [0.3, 0.4) is 0 Å². The van der Waals surface area contributed by atoms with E-state index in [1.807, 2.05) is 18.2 Å². The van der Waals surface area contributed by atoms with Crippen LogP contribution in [0.4, 0.5) is 4.79 Å². The van der Waals surface area contributed by atoms with E-state index < -0.39 is 0 Å². The van der Waals surface area contributed by atoms with E-state index in [2.05, 4.69) is 16.3 Å². The summed E-state index contributed by atoms with van der Waals surface area (Å²) in [4.78, 5) is 27.7. The minimum atomic E-state index is -0.332. The maximum Gasteiger partial charge on any atom is 0.409 e. The molecule has 7 heteroatoms. The highest BCUT2D eigenvalue weighted by Crippen LogP contribution is 2.31. The lowest BCUT2D eigenvalue weighted by atomic mass is 10.0. The Hall–Kier alpha value is -2.28. The molecule has 1 N–H and O–H groups in total. The van der Waals surface area contributed by atoms with Crippen molar-refractivity contribution >= 4 is 12.0 Å². The van der Waals surface area contributed by atoms with Crippen molar-refractivity contribution in [1.82, 2.24) is 15.1 Å². The number of likely N-dealkylation sites (tertiary alicyclic amines) is 1. The number of rotatable bonds is 8. The number of ether oxygens (including phenoxy) is 2. The summed E-state index contributed by atoms with van der Waals surface area (Å²) in [6.45, 7) is 3.95. The second-order valence-electron chi connectivity index (χ2n) is 6.66. The molecule has 2 saturated heterocycles. The van der Waals surface area contributed by atoms with Crippen molar-refractivity contribution in [2.24, 2.45) is 0 Å². The van der Waals surface area contributed by atoms with Crippen molar-refractivity contribution in [3.05, 3.63) is 29.8 Å². The lowest BCUT2D eigenvalue weighted by molar-refractivity contribution is -0.121. The zero-order valence-corrected chi connectivity index (χ0v) is 15.3. The summed E-state index contributed by atoms with van der Waals surface area (Å²) in [7, 11) is 1.67. The minimum Gasteiger partial charge on any atom is -0.496 e. The van der Waals surface area contributed by atoms with Crippen molar-refractivity contribution in [2.45, 2.75) is 25.3 Å². The highest BCUT2D eigenvalue weighted by Gasteiger charge is 2.27. The molecule has 0 aliphatic carbocycles. The van der Waals surface area contributed by atoms with E-state index in [9.17, 15) is 9.59 Å².